The molecule has 1 aliphatic carbocycles. The SMILES string of the molecule is O=C(NS)c1cc(C2CC2)c(CN2CCC(Oc3cc(Cl)cc(Cl)c3)CC2)cc1F. The molecule has 0 unspecified atom stereocenters. The van der Waals surface area contributed by atoms with Crippen molar-refractivity contribution in [1.82, 2.24) is 9.62 Å². The summed E-state index contributed by atoms with van der Waals surface area (Å²) in [6, 6.07) is 8.44. The number of carbonyl (C=O) groups is 1. The molecule has 1 N–H and O–H groups in total. The Morgan fingerprint density at radius 3 is 2.37 bits per heavy atom. The molecule has 160 valence electrons. The van der Waals surface area contributed by atoms with Gasteiger partial charge in [0, 0.05) is 29.7 Å². The Labute approximate surface area is 191 Å². The van der Waals surface area contributed by atoms with Crippen LogP contribution in [0.3, 0.4) is 0 Å². The molecule has 0 radical (unpaired) electrons. The van der Waals surface area contributed by atoms with E-state index in [0.717, 1.165) is 49.9 Å². The molecule has 0 bridgehead atoms. The molecule has 2 fully saturated rings. The topological polar surface area (TPSA) is 41.6 Å². The van der Waals surface area contributed by atoms with Crippen LogP contribution in [0.1, 0.15) is 53.1 Å². The number of nitrogens with zero attached hydrogens (tertiary/aromatic N) is 1. The maximum absolute atomic E-state index is 14.5. The molecular formula is C22H23Cl2FN2O2S. The standard InChI is InChI=1S/C22H23Cl2FN2O2S/c23-15-8-16(24)10-18(9-15)29-17-3-5-27(6-4-17)12-14-7-21(25)20(22(28)26-30)11-19(14)13-1-2-13/h7-11,13,17,30H,1-6,12H2,(H,26,28). The molecule has 4 nitrogen and oxygen atoms in total. The molecule has 1 amide bonds. The highest BCUT2D eigenvalue weighted by molar-refractivity contribution is 7.78. The molecule has 30 heavy (non-hydrogen) atoms. The second-order valence-electron chi connectivity index (χ2n) is 7.94. The molecule has 1 aliphatic heterocycles. The van der Waals surface area contributed by atoms with Crippen LogP contribution in [0, 0.1) is 5.82 Å². The van der Waals surface area contributed by atoms with E-state index in [2.05, 4.69) is 22.4 Å². The Hall–Kier alpha value is -1.47. The third-order valence-corrected chi connectivity index (χ3v) is 6.30. The minimum Gasteiger partial charge on any atom is -0.490 e. The number of likely N-dealkylation sites (tertiary alicyclic amines) is 1. The van der Waals surface area contributed by atoms with Crippen molar-refractivity contribution in [1.29, 1.82) is 0 Å². The highest BCUT2D eigenvalue weighted by Crippen LogP contribution is 2.43. The van der Waals surface area contributed by atoms with Crippen LogP contribution in [-0.2, 0) is 6.54 Å². The van der Waals surface area contributed by atoms with Crippen molar-refractivity contribution in [3.8, 4) is 5.75 Å². The lowest BCUT2D eigenvalue weighted by atomic mass is 9.97. The zero-order valence-electron chi connectivity index (χ0n) is 16.3. The van der Waals surface area contributed by atoms with E-state index in [0.29, 0.717) is 28.3 Å². The summed E-state index contributed by atoms with van der Waals surface area (Å²) in [7, 11) is 0. The highest BCUT2D eigenvalue weighted by atomic mass is 35.5. The van der Waals surface area contributed by atoms with Crippen LogP contribution in [-0.4, -0.2) is 30.0 Å². The van der Waals surface area contributed by atoms with Gasteiger partial charge >= 0.3 is 0 Å². The van der Waals surface area contributed by atoms with Gasteiger partial charge in [-0.25, -0.2) is 4.39 Å². The fourth-order valence-corrected chi connectivity index (χ4v) is 4.62. The first kappa shape index (κ1) is 21.8. The average Bonchev–Trinajstić information content (AvgIpc) is 3.53. The fraction of sp³-hybridized carbons (Fsp3) is 0.409. The maximum Gasteiger partial charge on any atom is 0.263 e. The van der Waals surface area contributed by atoms with E-state index in [1.54, 1.807) is 24.3 Å². The molecule has 2 aromatic carbocycles. The van der Waals surface area contributed by atoms with Crippen LogP contribution in [0.2, 0.25) is 10.0 Å². The number of halogens is 3. The van der Waals surface area contributed by atoms with Gasteiger partial charge in [-0.05, 0) is 73.1 Å². The molecule has 4 rings (SSSR count). The summed E-state index contributed by atoms with van der Waals surface area (Å²) in [5.74, 6) is 0.0861. The van der Waals surface area contributed by atoms with Gasteiger partial charge in [-0.1, -0.05) is 36.0 Å². The minimum absolute atomic E-state index is 0.0583. The number of nitrogens with one attached hydrogen (secondary N) is 1. The third-order valence-electron chi connectivity index (χ3n) is 5.66. The summed E-state index contributed by atoms with van der Waals surface area (Å²) in [6.07, 6.45) is 3.99. The molecular weight excluding hydrogens is 446 g/mol. The lowest BCUT2D eigenvalue weighted by Gasteiger charge is -2.32. The number of amides is 1. The molecule has 1 heterocycles. The number of thiol groups is 1. The van der Waals surface area contributed by atoms with E-state index in [1.165, 1.54) is 6.07 Å². The Bertz CT molecular complexity index is 927. The first-order chi connectivity index (χ1) is 14.4. The van der Waals surface area contributed by atoms with Crippen molar-refractivity contribution >= 4 is 41.9 Å². The number of hydrogen-bond acceptors (Lipinski definition) is 4. The smallest absolute Gasteiger partial charge is 0.263 e. The van der Waals surface area contributed by atoms with Gasteiger partial charge in [0.15, 0.2) is 0 Å². The van der Waals surface area contributed by atoms with Crippen molar-refractivity contribution in [3.05, 3.63) is 62.9 Å². The van der Waals surface area contributed by atoms with E-state index < -0.39 is 11.7 Å². The van der Waals surface area contributed by atoms with Gasteiger partial charge < -0.3 is 4.74 Å². The monoisotopic (exact) mass is 468 g/mol. The van der Waals surface area contributed by atoms with Gasteiger partial charge in [0.1, 0.15) is 17.7 Å². The van der Waals surface area contributed by atoms with E-state index in [-0.39, 0.29) is 11.7 Å². The molecule has 2 aliphatic rings. The van der Waals surface area contributed by atoms with Crippen LogP contribution < -0.4 is 9.46 Å². The number of benzene rings is 2. The summed E-state index contributed by atoms with van der Waals surface area (Å²) >= 11 is 15.9. The molecule has 8 heteroatoms. The van der Waals surface area contributed by atoms with E-state index in [9.17, 15) is 9.18 Å². The number of piperidine rings is 1. The van der Waals surface area contributed by atoms with Gasteiger partial charge in [0.25, 0.3) is 5.91 Å². The second-order valence-corrected chi connectivity index (χ2v) is 9.04. The fourth-order valence-electron chi connectivity index (χ4n) is 3.99. The predicted octanol–water partition coefficient (Wildman–Crippen LogP) is 5.63. The first-order valence-electron chi connectivity index (χ1n) is 10.0. The Morgan fingerprint density at radius 1 is 1.10 bits per heavy atom. The Balaban J connectivity index is 1.40. The summed E-state index contributed by atoms with van der Waals surface area (Å²) in [4.78, 5) is 14.2. The van der Waals surface area contributed by atoms with Crippen molar-refractivity contribution in [2.45, 2.75) is 44.2 Å². The summed E-state index contributed by atoms with van der Waals surface area (Å²) in [5, 5.41) is 1.11. The van der Waals surface area contributed by atoms with Crippen LogP contribution in [0.25, 0.3) is 0 Å². The van der Waals surface area contributed by atoms with Crippen LogP contribution in [0.15, 0.2) is 30.3 Å². The summed E-state index contributed by atoms with van der Waals surface area (Å²) < 4.78 is 22.8. The Kier molecular flexibility index (Phi) is 6.78. The van der Waals surface area contributed by atoms with Crippen LogP contribution in [0.5, 0.6) is 5.75 Å². The molecule has 0 atom stereocenters. The van der Waals surface area contributed by atoms with Crippen molar-refractivity contribution in [2.75, 3.05) is 13.1 Å². The number of ether oxygens (including phenoxy) is 1. The van der Waals surface area contributed by atoms with Crippen molar-refractivity contribution in [3.63, 3.8) is 0 Å². The highest BCUT2D eigenvalue weighted by Gasteiger charge is 2.30. The molecule has 2 aromatic rings. The number of carbonyl (C=O) groups excluding carboxylic acids is 1. The summed E-state index contributed by atoms with van der Waals surface area (Å²) in [5.41, 5.74) is 2.10. The van der Waals surface area contributed by atoms with Gasteiger partial charge in [-0.3, -0.25) is 14.4 Å². The number of rotatable bonds is 6. The minimum atomic E-state index is -0.511. The third kappa shape index (κ3) is 5.22. The second kappa shape index (κ2) is 9.35. The molecule has 0 aromatic heterocycles. The lowest BCUT2D eigenvalue weighted by Crippen LogP contribution is -2.38. The van der Waals surface area contributed by atoms with E-state index in [1.807, 2.05) is 0 Å². The number of hydrogen-bond donors (Lipinski definition) is 2. The largest absolute Gasteiger partial charge is 0.490 e. The maximum atomic E-state index is 14.5. The molecule has 0 spiro atoms. The summed E-state index contributed by atoms with van der Waals surface area (Å²) in [6.45, 7) is 2.37. The molecule has 1 saturated carbocycles. The van der Waals surface area contributed by atoms with Crippen molar-refractivity contribution in [2.24, 2.45) is 0 Å². The first-order valence-corrected chi connectivity index (χ1v) is 11.2. The van der Waals surface area contributed by atoms with Gasteiger partial charge in [-0.2, -0.15) is 0 Å². The zero-order chi connectivity index (χ0) is 21.3. The lowest BCUT2D eigenvalue weighted by molar-refractivity contribution is 0.0962. The van der Waals surface area contributed by atoms with E-state index in [4.69, 9.17) is 27.9 Å². The van der Waals surface area contributed by atoms with Crippen LogP contribution >= 0.6 is 36.0 Å². The Morgan fingerprint density at radius 2 is 1.77 bits per heavy atom. The van der Waals surface area contributed by atoms with Gasteiger partial charge in [0.2, 0.25) is 0 Å². The van der Waals surface area contributed by atoms with Gasteiger partial charge in [0.05, 0.1) is 5.56 Å². The predicted molar refractivity (Wildman–Crippen MR) is 120 cm³/mol. The van der Waals surface area contributed by atoms with Crippen molar-refractivity contribution < 1.29 is 13.9 Å². The van der Waals surface area contributed by atoms with Crippen LogP contribution in [0.4, 0.5) is 4.39 Å². The average molecular weight is 469 g/mol. The quantitative estimate of drug-likeness (QED) is 0.539. The molecule has 1 saturated heterocycles. The zero-order valence-corrected chi connectivity index (χ0v) is 18.7. The van der Waals surface area contributed by atoms with Gasteiger partial charge in [-0.15, -0.1) is 0 Å². The normalized spacial score (nSPS) is 17.7. The van der Waals surface area contributed by atoms with E-state index >= 15 is 0 Å².